The number of aromatic nitrogens is 1. The Bertz CT molecular complexity index is 486. The fourth-order valence-electron chi connectivity index (χ4n) is 1.68. The number of hydrogen-bond donors (Lipinski definition) is 1. The smallest absolute Gasteiger partial charge is 0.168 e. The molecule has 6 heteroatoms. The van der Waals surface area contributed by atoms with Gasteiger partial charge in [-0.3, -0.25) is 0 Å². The Morgan fingerprint density at radius 2 is 2.10 bits per heavy atom. The van der Waals surface area contributed by atoms with Crippen LogP contribution in [0.4, 0.5) is 0 Å². The molecule has 2 rings (SSSR count). The summed E-state index contributed by atoms with van der Waals surface area (Å²) in [6, 6.07) is 8.00. The van der Waals surface area contributed by atoms with Crippen LogP contribution in [0, 0.1) is 0 Å². The predicted octanol–water partition coefficient (Wildman–Crippen LogP) is 4.20. The molecule has 0 aliphatic heterocycles. The maximum Gasteiger partial charge on any atom is 0.168 e. The Balaban J connectivity index is 1.70. The molecule has 0 radical (unpaired) electrons. The summed E-state index contributed by atoms with van der Waals surface area (Å²) in [4.78, 5) is 4.47. The molecule has 1 heterocycles. The zero-order valence-corrected chi connectivity index (χ0v) is 13.3. The van der Waals surface area contributed by atoms with Crippen LogP contribution < -0.4 is 0 Å². The van der Waals surface area contributed by atoms with Gasteiger partial charge in [-0.2, -0.15) is 0 Å². The van der Waals surface area contributed by atoms with Crippen LogP contribution in [0.25, 0.3) is 10.2 Å². The third kappa shape index (κ3) is 5.03. The summed E-state index contributed by atoms with van der Waals surface area (Å²) in [7, 11) is 0. The van der Waals surface area contributed by atoms with Crippen molar-refractivity contribution >= 4 is 33.5 Å². The van der Waals surface area contributed by atoms with E-state index < -0.39 is 0 Å². The van der Waals surface area contributed by atoms with Crippen LogP contribution in [-0.2, 0) is 4.74 Å². The minimum Gasteiger partial charge on any atom is -0.381 e. The molecule has 0 aliphatic rings. The lowest BCUT2D eigenvalue weighted by molar-refractivity contribution is 0.00735. The number of hydroxylamine groups is 1. The fraction of sp³-hybridized carbons (Fsp3) is 0.500. The minimum absolute atomic E-state index is 0.576. The lowest BCUT2D eigenvalue weighted by atomic mass is 10.3. The Morgan fingerprint density at radius 3 is 2.90 bits per heavy atom. The van der Waals surface area contributed by atoms with Crippen LogP contribution in [-0.4, -0.2) is 34.4 Å². The van der Waals surface area contributed by atoms with Crippen molar-refractivity contribution in [3.05, 3.63) is 24.3 Å². The van der Waals surface area contributed by atoms with Gasteiger partial charge in [-0.25, -0.2) is 4.98 Å². The fourth-order valence-corrected chi connectivity index (χ4v) is 3.59. The van der Waals surface area contributed by atoms with Crippen LogP contribution in [0.2, 0.25) is 0 Å². The number of benzene rings is 1. The second-order valence-electron chi connectivity index (χ2n) is 4.43. The summed E-state index contributed by atoms with van der Waals surface area (Å²) >= 11 is 2.87. The van der Waals surface area contributed by atoms with Crippen molar-refractivity contribution in [1.29, 1.82) is 0 Å². The number of unbranched alkanes of at least 4 members (excludes halogenated alkanes) is 1. The first kappa shape index (κ1) is 15.7. The molecular weight excluding hydrogens is 292 g/mol. The summed E-state index contributed by atoms with van der Waals surface area (Å²) in [5, 5.41) is 9.84. The first-order chi connectivity index (χ1) is 9.79. The van der Waals surface area contributed by atoms with E-state index in [1.165, 1.54) is 16.4 Å². The summed E-state index contributed by atoms with van der Waals surface area (Å²) in [6.45, 7) is 4.23. The summed E-state index contributed by atoms with van der Waals surface area (Å²) in [6.07, 6.45) is 3.07. The highest BCUT2D eigenvalue weighted by atomic mass is 32.2. The molecule has 1 N–H and O–H groups in total. The quantitative estimate of drug-likeness (QED) is 0.427. The van der Waals surface area contributed by atoms with E-state index in [1.807, 2.05) is 24.3 Å². The molecule has 0 atom stereocenters. The SMILES string of the molecule is CCCCOCCCN(O)Sc1nc2ccccc2s1. The van der Waals surface area contributed by atoms with Crippen molar-refractivity contribution in [3.63, 3.8) is 0 Å². The summed E-state index contributed by atoms with van der Waals surface area (Å²) in [5.74, 6) is 0. The number of rotatable bonds is 9. The van der Waals surface area contributed by atoms with E-state index in [2.05, 4.69) is 11.9 Å². The molecule has 2 aromatic rings. The monoisotopic (exact) mass is 312 g/mol. The molecule has 0 amide bonds. The molecule has 0 saturated carbocycles. The number of ether oxygens (including phenoxy) is 1. The maximum absolute atomic E-state index is 9.84. The third-order valence-electron chi connectivity index (χ3n) is 2.74. The molecule has 1 aromatic heterocycles. The van der Waals surface area contributed by atoms with Crippen LogP contribution in [0.5, 0.6) is 0 Å². The number of para-hydroxylation sites is 1. The second-order valence-corrected chi connectivity index (χ2v) is 6.71. The lowest BCUT2D eigenvalue weighted by Crippen LogP contribution is -2.13. The van der Waals surface area contributed by atoms with E-state index in [-0.39, 0.29) is 0 Å². The summed E-state index contributed by atoms with van der Waals surface area (Å²) in [5.41, 5.74) is 0.983. The lowest BCUT2D eigenvalue weighted by Gasteiger charge is -2.11. The van der Waals surface area contributed by atoms with Crippen LogP contribution in [0.1, 0.15) is 26.2 Å². The predicted molar refractivity (Wildman–Crippen MR) is 84.3 cm³/mol. The molecule has 0 bridgehead atoms. The van der Waals surface area contributed by atoms with E-state index >= 15 is 0 Å². The zero-order chi connectivity index (χ0) is 14.2. The third-order valence-corrected chi connectivity index (χ3v) is 4.68. The minimum atomic E-state index is 0.576. The Hall–Kier alpha value is -0.660. The van der Waals surface area contributed by atoms with Crippen molar-refractivity contribution in [3.8, 4) is 0 Å². The van der Waals surface area contributed by atoms with Crippen LogP contribution >= 0.6 is 23.3 Å². The van der Waals surface area contributed by atoms with Crippen molar-refractivity contribution in [2.24, 2.45) is 0 Å². The van der Waals surface area contributed by atoms with Gasteiger partial charge in [0.15, 0.2) is 4.34 Å². The van der Waals surface area contributed by atoms with E-state index in [1.54, 1.807) is 11.3 Å². The molecule has 0 fully saturated rings. The van der Waals surface area contributed by atoms with Crippen molar-refractivity contribution in [2.45, 2.75) is 30.5 Å². The van der Waals surface area contributed by atoms with Gasteiger partial charge in [0.2, 0.25) is 0 Å². The van der Waals surface area contributed by atoms with Gasteiger partial charge in [-0.15, -0.1) is 15.8 Å². The number of thiazole rings is 1. The Kier molecular flexibility index (Phi) is 6.75. The zero-order valence-electron chi connectivity index (χ0n) is 11.6. The molecule has 4 nitrogen and oxygen atoms in total. The van der Waals surface area contributed by atoms with E-state index in [9.17, 15) is 5.21 Å². The van der Waals surface area contributed by atoms with Gasteiger partial charge in [-0.1, -0.05) is 25.5 Å². The van der Waals surface area contributed by atoms with E-state index in [4.69, 9.17) is 4.74 Å². The Morgan fingerprint density at radius 1 is 1.30 bits per heavy atom. The van der Waals surface area contributed by atoms with Gasteiger partial charge in [0.1, 0.15) is 0 Å². The molecule has 0 aliphatic carbocycles. The number of fused-ring (bicyclic) bond motifs is 1. The molecule has 110 valence electrons. The molecule has 0 saturated heterocycles. The van der Waals surface area contributed by atoms with Crippen molar-refractivity contribution in [2.75, 3.05) is 19.8 Å². The van der Waals surface area contributed by atoms with Crippen LogP contribution in [0.15, 0.2) is 28.6 Å². The summed E-state index contributed by atoms with van der Waals surface area (Å²) < 4.78 is 8.71. The largest absolute Gasteiger partial charge is 0.381 e. The highest BCUT2D eigenvalue weighted by Crippen LogP contribution is 2.30. The molecule has 20 heavy (non-hydrogen) atoms. The molecular formula is C14H20N2O2S2. The van der Waals surface area contributed by atoms with Gasteiger partial charge >= 0.3 is 0 Å². The Labute approximate surface area is 127 Å². The number of hydrogen-bond acceptors (Lipinski definition) is 6. The molecule has 1 aromatic carbocycles. The second kappa shape index (κ2) is 8.59. The van der Waals surface area contributed by atoms with Gasteiger partial charge in [-0.05, 0) is 25.0 Å². The topological polar surface area (TPSA) is 45.6 Å². The average molecular weight is 312 g/mol. The van der Waals surface area contributed by atoms with Crippen LogP contribution in [0.3, 0.4) is 0 Å². The highest BCUT2D eigenvalue weighted by Gasteiger charge is 2.08. The average Bonchev–Trinajstić information content (AvgIpc) is 2.84. The maximum atomic E-state index is 9.84. The van der Waals surface area contributed by atoms with Gasteiger partial charge < -0.3 is 9.94 Å². The van der Waals surface area contributed by atoms with Gasteiger partial charge in [0.05, 0.1) is 10.2 Å². The highest BCUT2D eigenvalue weighted by molar-refractivity contribution is 7.98. The van der Waals surface area contributed by atoms with Crippen molar-refractivity contribution in [1.82, 2.24) is 9.45 Å². The first-order valence-corrected chi connectivity index (χ1v) is 8.46. The van der Waals surface area contributed by atoms with E-state index in [0.29, 0.717) is 13.2 Å². The standard InChI is InChI=1S/C14H20N2O2S2/c1-2-3-10-18-11-6-9-16(17)20-14-15-12-7-4-5-8-13(12)19-14/h4-5,7-8,17H,2-3,6,9-11H2,1H3. The van der Waals surface area contributed by atoms with E-state index in [0.717, 1.165) is 40.4 Å². The van der Waals surface area contributed by atoms with Crippen molar-refractivity contribution < 1.29 is 9.94 Å². The molecule has 0 spiro atoms. The number of nitrogens with zero attached hydrogens (tertiary/aromatic N) is 2. The van der Waals surface area contributed by atoms with Gasteiger partial charge in [0, 0.05) is 31.7 Å². The normalized spacial score (nSPS) is 11.6. The molecule has 0 unspecified atom stereocenters. The first-order valence-electron chi connectivity index (χ1n) is 6.87. The van der Waals surface area contributed by atoms with Gasteiger partial charge in [0.25, 0.3) is 0 Å².